The van der Waals surface area contributed by atoms with Gasteiger partial charge in [0.2, 0.25) is 0 Å². The third kappa shape index (κ3) is 4.76. The van der Waals surface area contributed by atoms with Crippen LogP contribution in [0.15, 0.2) is 36.7 Å². The predicted octanol–water partition coefficient (Wildman–Crippen LogP) is 4.42. The fourth-order valence-corrected chi connectivity index (χ4v) is 5.87. The van der Waals surface area contributed by atoms with Crippen LogP contribution in [0.3, 0.4) is 0 Å². The Hall–Kier alpha value is -2.88. The molecule has 0 amide bonds. The van der Waals surface area contributed by atoms with Crippen LogP contribution in [0.1, 0.15) is 52.1 Å². The fraction of sp³-hybridized carbons (Fsp3) is 0.500. The summed E-state index contributed by atoms with van der Waals surface area (Å²) in [5.74, 6) is -0.733. The smallest absolute Gasteiger partial charge is 0.168 e. The molecular formula is C28H32F2N4O3. The number of aromatic nitrogens is 2. The van der Waals surface area contributed by atoms with Gasteiger partial charge in [0, 0.05) is 66.3 Å². The third-order valence-corrected chi connectivity index (χ3v) is 7.75. The zero-order valence-electron chi connectivity index (χ0n) is 22.7. The van der Waals surface area contributed by atoms with Crippen molar-refractivity contribution >= 4 is 16.6 Å². The molecule has 0 spiro atoms. The van der Waals surface area contributed by atoms with E-state index in [2.05, 4.69) is 17.2 Å². The van der Waals surface area contributed by atoms with Crippen LogP contribution in [0, 0.1) is 17.6 Å². The van der Waals surface area contributed by atoms with E-state index < -0.39 is 29.8 Å². The molecule has 9 heteroatoms. The minimum atomic E-state index is -1.74. The molecule has 2 fully saturated rings. The lowest BCUT2D eigenvalue weighted by atomic mass is 9.81. The Bertz CT molecular complexity index is 1400. The number of rotatable bonds is 4. The second kappa shape index (κ2) is 10.1. The van der Waals surface area contributed by atoms with Gasteiger partial charge in [-0.05, 0) is 43.5 Å². The summed E-state index contributed by atoms with van der Waals surface area (Å²) in [6, 6.07) is 4.07. The van der Waals surface area contributed by atoms with E-state index in [9.17, 15) is 15.3 Å². The maximum absolute atomic E-state index is 14.5. The van der Waals surface area contributed by atoms with Gasteiger partial charge < -0.3 is 19.9 Å². The van der Waals surface area contributed by atoms with Crippen molar-refractivity contribution in [3.05, 3.63) is 59.6 Å². The summed E-state index contributed by atoms with van der Waals surface area (Å²) < 4.78 is 56.8. The van der Waals surface area contributed by atoms with Crippen LogP contribution >= 0.6 is 0 Å². The highest BCUT2D eigenvalue weighted by molar-refractivity contribution is 5.86. The standard InChI is InChI=1S/C28H32F2N4O3/c1-16-14-34(24-5-9-37-28-21(24)10-18(29)11-22(28)30)7-3-19(16)27-20-12-26(32-13-17(20)2-6-31-27)33-23-4-8-36-15-25(23)35/h2,6,10-13,16,19,23-25,35H,3-5,7-9,14-15H2,1H3,(H,32,33)/t16-,19-,23-,24?,25-/m1/s1/i24D,25D. The molecule has 0 aliphatic carbocycles. The Labute approximate surface area is 217 Å². The molecule has 0 bridgehead atoms. The van der Waals surface area contributed by atoms with Gasteiger partial charge in [-0.2, -0.15) is 0 Å². The Balaban J connectivity index is 1.26. The molecule has 3 aromatic rings. The minimum Gasteiger partial charge on any atom is -0.490 e. The van der Waals surface area contributed by atoms with E-state index in [1.54, 1.807) is 12.4 Å². The van der Waals surface area contributed by atoms with E-state index in [1.807, 2.05) is 17.0 Å². The highest BCUT2D eigenvalue weighted by atomic mass is 19.1. The highest BCUT2D eigenvalue weighted by Crippen LogP contribution is 2.43. The second-order valence-corrected chi connectivity index (χ2v) is 10.1. The fourth-order valence-electron chi connectivity index (χ4n) is 5.87. The molecule has 1 unspecified atom stereocenters. The number of aliphatic hydroxyl groups is 1. The average Bonchev–Trinajstić information content (AvgIpc) is 2.90. The molecule has 0 radical (unpaired) electrons. The van der Waals surface area contributed by atoms with Crippen LogP contribution < -0.4 is 10.1 Å². The molecule has 3 aliphatic heterocycles. The van der Waals surface area contributed by atoms with Crippen LogP contribution in [0.2, 0.25) is 0 Å². The number of fused-ring (bicyclic) bond motifs is 2. The molecule has 2 aromatic heterocycles. The summed E-state index contributed by atoms with van der Waals surface area (Å²) in [5, 5.41) is 15.5. The number of hydrogen-bond acceptors (Lipinski definition) is 7. The van der Waals surface area contributed by atoms with Crippen molar-refractivity contribution < 1.29 is 26.1 Å². The van der Waals surface area contributed by atoms with Crippen molar-refractivity contribution in [2.75, 3.05) is 38.2 Å². The summed E-state index contributed by atoms with van der Waals surface area (Å²) in [6.07, 6.45) is 3.34. The number of ether oxygens (including phenoxy) is 2. The average molecular weight is 513 g/mol. The van der Waals surface area contributed by atoms with E-state index in [4.69, 9.17) is 15.8 Å². The van der Waals surface area contributed by atoms with Gasteiger partial charge in [-0.1, -0.05) is 6.92 Å². The quantitative estimate of drug-likeness (QED) is 0.536. The maximum atomic E-state index is 14.5. The number of nitrogens with zero attached hydrogens (tertiary/aromatic N) is 3. The summed E-state index contributed by atoms with van der Waals surface area (Å²) in [5.41, 5.74) is 1.17. The Morgan fingerprint density at radius 2 is 2.05 bits per heavy atom. The maximum Gasteiger partial charge on any atom is 0.168 e. The van der Waals surface area contributed by atoms with Crippen LogP contribution in [0.25, 0.3) is 10.8 Å². The van der Waals surface area contributed by atoms with Gasteiger partial charge >= 0.3 is 0 Å². The molecule has 2 N–H and O–H groups in total. The van der Waals surface area contributed by atoms with Gasteiger partial charge in [-0.3, -0.25) is 9.88 Å². The summed E-state index contributed by atoms with van der Waals surface area (Å²) in [4.78, 5) is 11.3. The first-order valence-corrected chi connectivity index (χ1v) is 12.8. The molecule has 37 heavy (non-hydrogen) atoms. The molecule has 1 aromatic carbocycles. The lowest BCUT2D eigenvalue weighted by Gasteiger charge is -2.43. The number of halogens is 2. The van der Waals surface area contributed by atoms with Crippen molar-refractivity contribution in [3.8, 4) is 5.75 Å². The van der Waals surface area contributed by atoms with Crippen molar-refractivity contribution in [2.24, 2.45) is 5.92 Å². The number of anilines is 1. The second-order valence-electron chi connectivity index (χ2n) is 10.1. The Kier molecular flexibility index (Phi) is 6.05. The first-order chi connectivity index (χ1) is 18.7. The van der Waals surface area contributed by atoms with Crippen molar-refractivity contribution in [1.29, 1.82) is 0 Å². The van der Waals surface area contributed by atoms with Gasteiger partial charge in [0.25, 0.3) is 0 Å². The molecule has 196 valence electrons. The van der Waals surface area contributed by atoms with Crippen LogP contribution in [-0.2, 0) is 4.74 Å². The van der Waals surface area contributed by atoms with E-state index in [1.165, 1.54) is 6.07 Å². The van der Waals surface area contributed by atoms with Crippen molar-refractivity contribution in [2.45, 2.75) is 50.2 Å². The van der Waals surface area contributed by atoms with E-state index in [-0.39, 0.29) is 36.4 Å². The Morgan fingerprint density at radius 3 is 2.89 bits per heavy atom. The van der Waals surface area contributed by atoms with E-state index in [0.29, 0.717) is 38.4 Å². The normalized spacial score (nSPS) is 33.2. The molecule has 0 saturated carbocycles. The number of nitrogens with one attached hydrogen (secondary N) is 1. The lowest BCUT2D eigenvalue weighted by Crippen LogP contribution is -2.42. The zero-order valence-corrected chi connectivity index (χ0v) is 20.7. The van der Waals surface area contributed by atoms with Crippen molar-refractivity contribution in [1.82, 2.24) is 14.9 Å². The van der Waals surface area contributed by atoms with Gasteiger partial charge in [0.15, 0.2) is 11.6 Å². The number of likely N-dealkylation sites (tertiary alicyclic amines) is 1. The van der Waals surface area contributed by atoms with Crippen LogP contribution in [0.5, 0.6) is 5.75 Å². The van der Waals surface area contributed by atoms with Gasteiger partial charge in [-0.15, -0.1) is 0 Å². The molecule has 5 heterocycles. The van der Waals surface area contributed by atoms with Gasteiger partial charge in [0.1, 0.15) is 11.6 Å². The predicted molar refractivity (Wildman–Crippen MR) is 136 cm³/mol. The highest BCUT2D eigenvalue weighted by Gasteiger charge is 2.36. The van der Waals surface area contributed by atoms with Crippen LogP contribution in [-0.4, -0.2) is 65.0 Å². The molecule has 6 rings (SSSR count). The number of piperidine rings is 1. The van der Waals surface area contributed by atoms with Gasteiger partial charge in [0.05, 0.1) is 33.8 Å². The molecule has 7 nitrogen and oxygen atoms in total. The van der Waals surface area contributed by atoms with Crippen molar-refractivity contribution in [3.63, 3.8) is 0 Å². The summed E-state index contributed by atoms with van der Waals surface area (Å²) >= 11 is 0. The monoisotopic (exact) mass is 512 g/mol. The first kappa shape index (κ1) is 22.1. The number of hydrogen-bond donors (Lipinski definition) is 2. The first-order valence-electron chi connectivity index (χ1n) is 13.8. The zero-order chi connectivity index (χ0) is 27.4. The van der Waals surface area contributed by atoms with E-state index in [0.717, 1.165) is 29.0 Å². The SMILES string of the molecule is [2H]C1(N2CC[C@@H](c3nccc4cnc(N[C@@H]5CCOC[C@@]5([2H])O)cc34)[C@H](C)C2)CCOc2c(F)cc(F)cc21. The van der Waals surface area contributed by atoms with E-state index >= 15 is 0 Å². The van der Waals surface area contributed by atoms with Crippen LogP contribution in [0.4, 0.5) is 14.6 Å². The molecule has 2 saturated heterocycles. The number of benzene rings is 1. The topological polar surface area (TPSA) is 79.7 Å². The van der Waals surface area contributed by atoms with Gasteiger partial charge in [-0.25, -0.2) is 13.8 Å². The lowest BCUT2D eigenvalue weighted by molar-refractivity contribution is -0.0135. The largest absolute Gasteiger partial charge is 0.490 e. The third-order valence-electron chi connectivity index (χ3n) is 7.75. The molecular weight excluding hydrogens is 478 g/mol. The summed E-state index contributed by atoms with van der Waals surface area (Å²) in [7, 11) is 0. The Morgan fingerprint density at radius 1 is 1.16 bits per heavy atom. The molecule has 5 atom stereocenters. The number of pyridine rings is 2. The molecule has 3 aliphatic rings. The summed E-state index contributed by atoms with van der Waals surface area (Å²) in [6.45, 7) is 3.85. The minimum absolute atomic E-state index is 0.0280.